The molecule has 1 unspecified atom stereocenters. The Morgan fingerprint density at radius 3 is 3.10 bits per heavy atom. The van der Waals surface area contributed by atoms with E-state index in [-0.39, 0.29) is 10.7 Å². The fourth-order valence-corrected chi connectivity index (χ4v) is 2.41. The molecule has 7 heteroatoms. The number of rotatable bonds is 5. The zero-order valence-corrected chi connectivity index (χ0v) is 13.1. The fraction of sp³-hybridized carbons (Fsp3) is 0.643. The van der Waals surface area contributed by atoms with E-state index in [2.05, 4.69) is 22.2 Å². The third-order valence-corrected chi connectivity index (χ3v) is 3.64. The Balaban J connectivity index is 2.10. The largest absolute Gasteiger partial charge is 0.462 e. The first-order valence-electron chi connectivity index (χ1n) is 7.05. The second kappa shape index (κ2) is 7.04. The van der Waals surface area contributed by atoms with Crippen LogP contribution in [0.3, 0.4) is 0 Å². The minimum Gasteiger partial charge on any atom is -0.462 e. The molecule has 1 aromatic rings. The van der Waals surface area contributed by atoms with Gasteiger partial charge in [0.05, 0.1) is 13.2 Å². The zero-order valence-electron chi connectivity index (χ0n) is 12.3. The number of hydrogen-bond acceptors (Lipinski definition) is 6. The van der Waals surface area contributed by atoms with E-state index in [0.717, 1.165) is 19.4 Å². The van der Waals surface area contributed by atoms with Crippen LogP contribution >= 0.6 is 11.6 Å². The molecule has 0 saturated carbocycles. The van der Waals surface area contributed by atoms with E-state index in [9.17, 15) is 4.79 Å². The van der Waals surface area contributed by atoms with E-state index in [1.54, 1.807) is 6.92 Å². The molecule has 1 aliphatic heterocycles. The average Bonchev–Trinajstić information content (AvgIpc) is 2.46. The van der Waals surface area contributed by atoms with Gasteiger partial charge in [-0.05, 0) is 31.4 Å². The average molecular weight is 314 g/mol. The molecule has 1 aliphatic rings. The maximum atomic E-state index is 11.9. The van der Waals surface area contributed by atoms with Crippen LogP contribution in [-0.2, 0) is 9.47 Å². The van der Waals surface area contributed by atoms with Gasteiger partial charge in [-0.1, -0.05) is 6.92 Å². The molecule has 0 spiro atoms. The van der Waals surface area contributed by atoms with Gasteiger partial charge >= 0.3 is 5.97 Å². The Morgan fingerprint density at radius 2 is 2.43 bits per heavy atom. The molecule has 1 N–H and O–H groups in total. The van der Waals surface area contributed by atoms with E-state index in [4.69, 9.17) is 21.1 Å². The van der Waals surface area contributed by atoms with Gasteiger partial charge in [0.25, 0.3) is 0 Å². The van der Waals surface area contributed by atoms with Gasteiger partial charge in [0, 0.05) is 24.8 Å². The summed E-state index contributed by atoms with van der Waals surface area (Å²) in [5.74, 6) is -0.0537. The number of nitrogens with zero attached hydrogens (tertiary/aromatic N) is 2. The summed E-state index contributed by atoms with van der Waals surface area (Å²) in [5, 5.41) is 3.28. The van der Waals surface area contributed by atoms with E-state index in [1.165, 1.54) is 6.20 Å². The molecule has 21 heavy (non-hydrogen) atoms. The molecule has 1 aromatic heterocycles. The van der Waals surface area contributed by atoms with Crippen molar-refractivity contribution in [2.24, 2.45) is 5.41 Å². The number of aromatic nitrogens is 2. The number of carbonyl (C=O) groups excluding carboxylic acids is 1. The fourth-order valence-electron chi connectivity index (χ4n) is 2.28. The van der Waals surface area contributed by atoms with Crippen molar-refractivity contribution < 1.29 is 14.3 Å². The summed E-state index contributed by atoms with van der Waals surface area (Å²) < 4.78 is 10.5. The molecule has 0 radical (unpaired) electrons. The van der Waals surface area contributed by atoms with Gasteiger partial charge in [-0.15, -0.1) is 0 Å². The summed E-state index contributed by atoms with van der Waals surface area (Å²) in [6, 6.07) is 0. The van der Waals surface area contributed by atoms with E-state index >= 15 is 0 Å². The molecular formula is C14H20ClN3O3. The van der Waals surface area contributed by atoms with E-state index in [1.807, 2.05) is 0 Å². The van der Waals surface area contributed by atoms with Crippen molar-refractivity contribution in [3.8, 4) is 0 Å². The summed E-state index contributed by atoms with van der Waals surface area (Å²) >= 11 is 5.82. The lowest BCUT2D eigenvalue weighted by Crippen LogP contribution is -2.35. The SMILES string of the molecule is CCOC(=O)c1cnc(Cl)nc1NCC1(C)CCCOC1. The third-order valence-electron chi connectivity index (χ3n) is 3.46. The highest BCUT2D eigenvalue weighted by Crippen LogP contribution is 2.28. The van der Waals surface area contributed by atoms with Gasteiger partial charge < -0.3 is 14.8 Å². The van der Waals surface area contributed by atoms with Crippen LogP contribution in [0.4, 0.5) is 5.82 Å². The van der Waals surface area contributed by atoms with Crippen molar-refractivity contribution in [3.63, 3.8) is 0 Å². The first kappa shape index (κ1) is 16.0. The Bertz CT molecular complexity index is 504. The molecule has 1 atom stereocenters. The maximum Gasteiger partial charge on any atom is 0.343 e. The lowest BCUT2D eigenvalue weighted by Gasteiger charge is -2.33. The molecule has 0 aliphatic carbocycles. The van der Waals surface area contributed by atoms with Crippen LogP contribution in [0.1, 0.15) is 37.0 Å². The molecule has 1 saturated heterocycles. The number of ether oxygens (including phenoxy) is 2. The quantitative estimate of drug-likeness (QED) is 0.665. The Hall–Kier alpha value is -1.40. The molecular weight excluding hydrogens is 294 g/mol. The molecule has 6 nitrogen and oxygen atoms in total. The highest BCUT2D eigenvalue weighted by molar-refractivity contribution is 6.28. The molecule has 116 valence electrons. The summed E-state index contributed by atoms with van der Waals surface area (Å²) in [7, 11) is 0. The molecule has 2 heterocycles. The monoisotopic (exact) mass is 313 g/mol. The molecule has 0 amide bonds. The predicted molar refractivity (Wildman–Crippen MR) is 79.6 cm³/mol. The van der Waals surface area contributed by atoms with Crippen molar-refractivity contribution >= 4 is 23.4 Å². The Kier molecular flexibility index (Phi) is 5.36. The Morgan fingerprint density at radius 1 is 1.62 bits per heavy atom. The number of nitrogens with one attached hydrogen (secondary N) is 1. The summed E-state index contributed by atoms with van der Waals surface area (Å²) in [5.41, 5.74) is 0.309. The number of carbonyl (C=O) groups is 1. The smallest absolute Gasteiger partial charge is 0.343 e. The predicted octanol–water partition coefficient (Wildman–Crippen LogP) is 2.54. The van der Waals surface area contributed by atoms with Crippen LogP contribution in [0, 0.1) is 5.41 Å². The van der Waals surface area contributed by atoms with Gasteiger partial charge in [-0.3, -0.25) is 0 Å². The normalized spacial score (nSPS) is 21.9. The van der Waals surface area contributed by atoms with Gasteiger partial charge in [0.15, 0.2) is 0 Å². The number of anilines is 1. The van der Waals surface area contributed by atoms with Gasteiger partial charge in [0.1, 0.15) is 11.4 Å². The summed E-state index contributed by atoms with van der Waals surface area (Å²) in [6.45, 7) is 6.34. The van der Waals surface area contributed by atoms with Crippen LogP contribution < -0.4 is 5.32 Å². The number of hydrogen-bond donors (Lipinski definition) is 1. The van der Waals surface area contributed by atoms with Gasteiger partial charge in [0.2, 0.25) is 5.28 Å². The highest BCUT2D eigenvalue weighted by atomic mass is 35.5. The van der Waals surface area contributed by atoms with E-state index < -0.39 is 5.97 Å². The number of halogens is 1. The summed E-state index contributed by atoms with van der Waals surface area (Å²) in [6.07, 6.45) is 3.48. The lowest BCUT2D eigenvalue weighted by atomic mass is 9.85. The molecule has 1 fully saturated rings. The summed E-state index contributed by atoms with van der Waals surface area (Å²) in [4.78, 5) is 19.8. The van der Waals surface area contributed by atoms with Crippen LogP contribution in [0.2, 0.25) is 5.28 Å². The van der Waals surface area contributed by atoms with Crippen LogP contribution in [0.5, 0.6) is 0 Å². The first-order chi connectivity index (χ1) is 10.0. The number of esters is 1. The minimum atomic E-state index is -0.457. The van der Waals surface area contributed by atoms with Crippen molar-refractivity contribution in [1.82, 2.24) is 9.97 Å². The van der Waals surface area contributed by atoms with E-state index in [0.29, 0.717) is 31.1 Å². The highest BCUT2D eigenvalue weighted by Gasteiger charge is 2.28. The van der Waals surface area contributed by atoms with Gasteiger partial charge in [-0.2, -0.15) is 4.98 Å². The van der Waals surface area contributed by atoms with Crippen LogP contribution in [-0.4, -0.2) is 42.3 Å². The minimum absolute atomic E-state index is 0.0155. The molecule has 2 rings (SSSR count). The first-order valence-corrected chi connectivity index (χ1v) is 7.43. The topological polar surface area (TPSA) is 73.3 Å². The van der Waals surface area contributed by atoms with Gasteiger partial charge in [-0.25, -0.2) is 9.78 Å². The van der Waals surface area contributed by atoms with Crippen LogP contribution in [0.25, 0.3) is 0 Å². The Labute approximate surface area is 129 Å². The second-order valence-electron chi connectivity index (χ2n) is 5.44. The third kappa shape index (κ3) is 4.28. The maximum absolute atomic E-state index is 11.9. The van der Waals surface area contributed by atoms with Crippen LogP contribution in [0.15, 0.2) is 6.20 Å². The molecule has 0 aromatic carbocycles. The van der Waals surface area contributed by atoms with Crippen molar-refractivity contribution in [1.29, 1.82) is 0 Å². The standard InChI is InChI=1S/C14H20ClN3O3/c1-3-21-12(19)10-7-16-13(15)18-11(10)17-8-14(2)5-4-6-20-9-14/h7H,3-6,8-9H2,1-2H3,(H,16,17,18). The van der Waals surface area contributed by atoms with Crippen molar-refractivity contribution in [2.75, 3.05) is 31.7 Å². The van der Waals surface area contributed by atoms with Crippen molar-refractivity contribution in [3.05, 3.63) is 17.0 Å². The zero-order chi connectivity index (χ0) is 15.3. The van der Waals surface area contributed by atoms with Crippen molar-refractivity contribution in [2.45, 2.75) is 26.7 Å². The lowest BCUT2D eigenvalue weighted by molar-refractivity contribution is 0.00959. The second-order valence-corrected chi connectivity index (χ2v) is 5.78. The molecule has 0 bridgehead atoms.